The van der Waals surface area contributed by atoms with Gasteiger partial charge in [0.1, 0.15) is 0 Å². The predicted molar refractivity (Wildman–Crippen MR) is 115 cm³/mol. The van der Waals surface area contributed by atoms with Crippen molar-refractivity contribution in [1.29, 1.82) is 0 Å². The Kier molecular flexibility index (Phi) is 7.41. The van der Waals surface area contributed by atoms with E-state index >= 15 is 0 Å². The van der Waals surface area contributed by atoms with Crippen molar-refractivity contribution in [3.05, 3.63) is 71.8 Å². The number of hydrogen-bond acceptors (Lipinski definition) is 5. The average Bonchev–Trinajstić information content (AvgIpc) is 2.78. The lowest BCUT2D eigenvalue weighted by molar-refractivity contribution is -0.130. The number of carbonyl (C=O) groups excluding carboxylic acids is 2. The molecule has 1 heterocycles. The second-order valence-electron chi connectivity index (χ2n) is 6.89. The van der Waals surface area contributed by atoms with Gasteiger partial charge < -0.3 is 15.0 Å². The number of anilines is 1. The average molecular weight is 393 g/mol. The molecule has 2 aromatic rings. The van der Waals surface area contributed by atoms with Crippen LogP contribution in [0.25, 0.3) is 6.08 Å². The van der Waals surface area contributed by atoms with E-state index in [9.17, 15) is 9.59 Å². The summed E-state index contributed by atoms with van der Waals surface area (Å²) in [6, 6.07) is 17.3. The van der Waals surface area contributed by atoms with Crippen LogP contribution in [0.1, 0.15) is 15.9 Å². The normalized spacial score (nSPS) is 14.7. The molecule has 152 valence electrons. The number of esters is 1. The van der Waals surface area contributed by atoms with Crippen LogP contribution < -0.4 is 5.32 Å². The standard InChI is InChI=1S/C23H27N3O3/c1-29-23(28)20-11-5-6-12-21(20)24-18-22(27)26-16-14-25(15-17-26)13-7-10-19-8-3-2-4-9-19/h2-12,24H,13-18H2,1H3/b10-7+. The van der Waals surface area contributed by atoms with E-state index in [-0.39, 0.29) is 12.5 Å². The summed E-state index contributed by atoms with van der Waals surface area (Å²) in [5.41, 5.74) is 2.23. The Morgan fingerprint density at radius 2 is 1.69 bits per heavy atom. The quantitative estimate of drug-likeness (QED) is 0.733. The number of rotatable bonds is 7. The van der Waals surface area contributed by atoms with Crippen LogP contribution in [0.3, 0.4) is 0 Å². The van der Waals surface area contributed by atoms with Crippen LogP contribution in [0, 0.1) is 0 Å². The van der Waals surface area contributed by atoms with E-state index in [0.29, 0.717) is 24.3 Å². The highest BCUT2D eigenvalue weighted by atomic mass is 16.5. The first-order valence-electron chi connectivity index (χ1n) is 9.80. The van der Waals surface area contributed by atoms with Gasteiger partial charge in [-0.25, -0.2) is 4.79 Å². The maximum Gasteiger partial charge on any atom is 0.339 e. The second kappa shape index (κ2) is 10.4. The highest BCUT2D eigenvalue weighted by Crippen LogP contribution is 2.16. The number of piperazine rings is 1. The first-order valence-corrected chi connectivity index (χ1v) is 9.80. The summed E-state index contributed by atoms with van der Waals surface area (Å²) in [6.07, 6.45) is 4.29. The fourth-order valence-corrected chi connectivity index (χ4v) is 3.29. The molecule has 0 atom stereocenters. The fourth-order valence-electron chi connectivity index (χ4n) is 3.29. The van der Waals surface area contributed by atoms with Crippen molar-refractivity contribution in [3.8, 4) is 0 Å². The molecule has 3 rings (SSSR count). The molecular weight excluding hydrogens is 366 g/mol. The summed E-state index contributed by atoms with van der Waals surface area (Å²) in [5.74, 6) is -0.387. The number of hydrogen-bond donors (Lipinski definition) is 1. The monoisotopic (exact) mass is 393 g/mol. The summed E-state index contributed by atoms with van der Waals surface area (Å²) in [4.78, 5) is 28.6. The Morgan fingerprint density at radius 1 is 1.00 bits per heavy atom. The summed E-state index contributed by atoms with van der Waals surface area (Å²) >= 11 is 0. The summed E-state index contributed by atoms with van der Waals surface area (Å²) in [5, 5.41) is 3.07. The van der Waals surface area contributed by atoms with E-state index in [1.165, 1.54) is 12.7 Å². The maximum absolute atomic E-state index is 12.5. The van der Waals surface area contributed by atoms with Gasteiger partial charge in [-0.1, -0.05) is 54.6 Å². The number of nitrogens with one attached hydrogen (secondary N) is 1. The molecule has 1 N–H and O–H groups in total. The lowest BCUT2D eigenvalue weighted by Gasteiger charge is -2.34. The van der Waals surface area contributed by atoms with Gasteiger partial charge in [0.15, 0.2) is 0 Å². The summed E-state index contributed by atoms with van der Waals surface area (Å²) < 4.78 is 4.79. The second-order valence-corrected chi connectivity index (χ2v) is 6.89. The number of carbonyl (C=O) groups is 2. The van der Waals surface area contributed by atoms with Crippen LogP contribution in [0.5, 0.6) is 0 Å². The molecule has 1 aliphatic heterocycles. The van der Waals surface area contributed by atoms with Crippen molar-refractivity contribution < 1.29 is 14.3 Å². The van der Waals surface area contributed by atoms with Gasteiger partial charge in [-0.15, -0.1) is 0 Å². The van der Waals surface area contributed by atoms with E-state index in [1.54, 1.807) is 18.2 Å². The van der Waals surface area contributed by atoms with Crippen LogP contribution in [0.4, 0.5) is 5.69 Å². The highest BCUT2D eigenvalue weighted by molar-refractivity contribution is 5.96. The van der Waals surface area contributed by atoms with Crippen molar-refractivity contribution >= 4 is 23.6 Å². The van der Waals surface area contributed by atoms with E-state index in [1.807, 2.05) is 29.2 Å². The molecule has 2 aromatic carbocycles. The van der Waals surface area contributed by atoms with Crippen molar-refractivity contribution in [3.63, 3.8) is 0 Å². The van der Waals surface area contributed by atoms with Gasteiger partial charge >= 0.3 is 5.97 Å². The van der Waals surface area contributed by atoms with Gasteiger partial charge in [0.25, 0.3) is 0 Å². The molecule has 1 amide bonds. The molecule has 0 spiro atoms. The van der Waals surface area contributed by atoms with E-state index in [2.05, 4.69) is 34.5 Å². The Morgan fingerprint density at radius 3 is 2.41 bits per heavy atom. The first-order chi connectivity index (χ1) is 14.2. The van der Waals surface area contributed by atoms with E-state index < -0.39 is 5.97 Å². The molecule has 29 heavy (non-hydrogen) atoms. The molecule has 0 aromatic heterocycles. The zero-order chi connectivity index (χ0) is 20.5. The molecule has 0 saturated carbocycles. The lowest BCUT2D eigenvalue weighted by Crippen LogP contribution is -2.50. The largest absolute Gasteiger partial charge is 0.465 e. The summed E-state index contributed by atoms with van der Waals surface area (Å²) in [7, 11) is 1.35. The molecule has 0 unspecified atom stereocenters. The summed E-state index contributed by atoms with van der Waals surface area (Å²) in [6.45, 7) is 4.15. The van der Waals surface area contributed by atoms with Crippen LogP contribution in [-0.4, -0.2) is 68.1 Å². The number of ether oxygens (including phenoxy) is 1. The Balaban J connectivity index is 1.43. The number of benzene rings is 2. The molecular formula is C23H27N3O3. The lowest BCUT2D eigenvalue weighted by atomic mass is 10.2. The van der Waals surface area contributed by atoms with Crippen molar-refractivity contribution in [2.24, 2.45) is 0 Å². The van der Waals surface area contributed by atoms with Crippen LogP contribution in [0.15, 0.2) is 60.7 Å². The van der Waals surface area contributed by atoms with Crippen molar-refractivity contribution in [2.75, 3.05) is 51.7 Å². The van der Waals surface area contributed by atoms with Crippen LogP contribution >= 0.6 is 0 Å². The number of nitrogens with zero attached hydrogens (tertiary/aromatic N) is 2. The minimum atomic E-state index is -0.419. The number of para-hydroxylation sites is 1. The Hall–Kier alpha value is -3.12. The fraction of sp³-hybridized carbons (Fsp3) is 0.304. The van der Waals surface area contributed by atoms with Crippen molar-refractivity contribution in [1.82, 2.24) is 9.80 Å². The third-order valence-electron chi connectivity index (χ3n) is 4.96. The molecule has 1 aliphatic rings. The van der Waals surface area contributed by atoms with Crippen LogP contribution in [0.2, 0.25) is 0 Å². The van der Waals surface area contributed by atoms with Gasteiger partial charge in [-0.05, 0) is 17.7 Å². The van der Waals surface area contributed by atoms with Gasteiger partial charge in [0.05, 0.1) is 19.2 Å². The minimum absolute atomic E-state index is 0.0316. The third kappa shape index (κ3) is 5.93. The van der Waals surface area contributed by atoms with Gasteiger partial charge in [0.2, 0.25) is 5.91 Å². The smallest absolute Gasteiger partial charge is 0.339 e. The zero-order valence-corrected chi connectivity index (χ0v) is 16.7. The van der Waals surface area contributed by atoms with Gasteiger partial charge in [0, 0.05) is 38.4 Å². The van der Waals surface area contributed by atoms with E-state index in [4.69, 9.17) is 4.74 Å². The molecule has 0 bridgehead atoms. The van der Waals surface area contributed by atoms with Crippen molar-refractivity contribution in [2.45, 2.75) is 0 Å². The minimum Gasteiger partial charge on any atom is -0.465 e. The van der Waals surface area contributed by atoms with Gasteiger partial charge in [-0.3, -0.25) is 9.69 Å². The number of amides is 1. The SMILES string of the molecule is COC(=O)c1ccccc1NCC(=O)N1CCN(C/C=C/c2ccccc2)CC1. The molecule has 6 heteroatoms. The maximum atomic E-state index is 12.5. The van der Waals surface area contributed by atoms with Crippen LogP contribution in [-0.2, 0) is 9.53 Å². The topological polar surface area (TPSA) is 61.9 Å². The zero-order valence-electron chi connectivity index (χ0n) is 16.7. The van der Waals surface area contributed by atoms with E-state index in [0.717, 1.165) is 19.6 Å². The number of methoxy groups -OCH3 is 1. The molecule has 6 nitrogen and oxygen atoms in total. The predicted octanol–water partition coefficient (Wildman–Crippen LogP) is 2.74. The molecule has 1 saturated heterocycles. The molecule has 0 aliphatic carbocycles. The Labute approximate surface area is 171 Å². The van der Waals surface area contributed by atoms with Gasteiger partial charge in [-0.2, -0.15) is 0 Å². The first kappa shape index (κ1) is 20.6. The molecule has 1 fully saturated rings. The third-order valence-corrected chi connectivity index (χ3v) is 4.96. The molecule has 0 radical (unpaired) electrons. The Bertz CT molecular complexity index is 843. The highest BCUT2D eigenvalue weighted by Gasteiger charge is 2.20.